The summed E-state index contributed by atoms with van der Waals surface area (Å²) in [6.45, 7) is 9.81. The summed E-state index contributed by atoms with van der Waals surface area (Å²) < 4.78 is 17.4. The van der Waals surface area contributed by atoms with Gasteiger partial charge in [0.25, 0.3) is 11.8 Å². The molecule has 3 rings (SSSR count). The number of hydrogen-bond acceptors (Lipinski definition) is 9. The van der Waals surface area contributed by atoms with Gasteiger partial charge in [0.1, 0.15) is 19.8 Å². The molecule has 0 radical (unpaired) electrons. The molecule has 1 fully saturated rings. The van der Waals surface area contributed by atoms with Gasteiger partial charge in [-0.25, -0.2) is 15.0 Å². The van der Waals surface area contributed by atoms with Crippen LogP contribution in [0, 0.1) is 0 Å². The third kappa shape index (κ3) is 6.16. The van der Waals surface area contributed by atoms with E-state index in [0.29, 0.717) is 43.4 Å². The number of nitrogens with one attached hydrogen (secondary N) is 2. The van der Waals surface area contributed by atoms with Crippen molar-refractivity contribution in [3.05, 3.63) is 30.7 Å². The Balaban J connectivity index is 1.51. The molecule has 0 unspecified atom stereocenters. The molecule has 0 amide bonds. The Bertz CT molecular complexity index is 748. The van der Waals surface area contributed by atoms with Gasteiger partial charge in [0.05, 0.1) is 0 Å². The van der Waals surface area contributed by atoms with Crippen molar-refractivity contribution in [3.8, 4) is 17.5 Å². The highest BCUT2D eigenvalue weighted by Gasteiger charge is 2.23. The fourth-order valence-electron chi connectivity index (χ4n) is 3.05. The van der Waals surface area contributed by atoms with E-state index >= 15 is 0 Å². The topological polar surface area (TPSA) is 93.7 Å². The molecule has 0 spiro atoms. The van der Waals surface area contributed by atoms with Crippen molar-refractivity contribution in [1.82, 2.24) is 25.6 Å². The fraction of sp³-hybridized carbons (Fsp3) is 0.550. The molecule has 0 aliphatic carbocycles. The average molecular weight is 402 g/mol. The second-order valence-corrected chi connectivity index (χ2v) is 6.64. The number of anilines is 1. The number of nitrogens with zero attached hydrogens (tertiary/aromatic N) is 4. The Morgan fingerprint density at radius 2 is 1.86 bits per heavy atom. The summed E-state index contributed by atoms with van der Waals surface area (Å²) >= 11 is 0. The molecule has 9 nitrogen and oxygen atoms in total. The molecule has 1 saturated heterocycles. The predicted molar refractivity (Wildman–Crippen MR) is 111 cm³/mol. The lowest BCUT2D eigenvalue weighted by Crippen LogP contribution is -2.50. The van der Waals surface area contributed by atoms with E-state index in [2.05, 4.69) is 44.3 Å². The van der Waals surface area contributed by atoms with E-state index in [4.69, 9.17) is 14.2 Å². The molecule has 2 N–H and O–H groups in total. The number of likely N-dealkylation sites (N-methyl/N-ethyl adjacent to an activating group) is 1. The summed E-state index contributed by atoms with van der Waals surface area (Å²) in [6.07, 6.45) is 5.02. The van der Waals surface area contributed by atoms with Crippen molar-refractivity contribution in [2.24, 2.45) is 0 Å². The van der Waals surface area contributed by atoms with Crippen LogP contribution in [0.25, 0.3) is 0 Å². The van der Waals surface area contributed by atoms with Gasteiger partial charge in [-0.05, 0) is 25.6 Å². The number of pyridine rings is 1. The molecule has 1 aliphatic heterocycles. The molecule has 29 heavy (non-hydrogen) atoms. The molecule has 158 valence electrons. The van der Waals surface area contributed by atoms with Crippen LogP contribution < -0.4 is 29.7 Å². The Labute approximate surface area is 171 Å². The van der Waals surface area contributed by atoms with E-state index in [1.54, 1.807) is 18.6 Å². The maximum absolute atomic E-state index is 5.88. The summed E-state index contributed by atoms with van der Waals surface area (Å²) in [5, 5.41) is 6.59. The third-order valence-electron chi connectivity index (χ3n) is 4.50. The summed E-state index contributed by atoms with van der Waals surface area (Å²) in [5.41, 5.74) is 0. The van der Waals surface area contributed by atoms with Crippen molar-refractivity contribution >= 4 is 5.82 Å². The first-order valence-corrected chi connectivity index (χ1v) is 10.1. The summed E-state index contributed by atoms with van der Waals surface area (Å²) in [5.74, 6) is 2.39. The van der Waals surface area contributed by atoms with E-state index in [1.165, 1.54) is 0 Å². The van der Waals surface area contributed by atoms with E-state index in [-0.39, 0.29) is 0 Å². The van der Waals surface area contributed by atoms with Gasteiger partial charge in [0.15, 0.2) is 11.6 Å². The smallest absolute Gasteiger partial charge is 0.257 e. The summed E-state index contributed by atoms with van der Waals surface area (Å²) in [4.78, 5) is 15.3. The second kappa shape index (κ2) is 11.4. The normalized spacial score (nSPS) is 16.5. The monoisotopic (exact) mass is 402 g/mol. The highest BCUT2D eigenvalue weighted by atomic mass is 16.5. The average Bonchev–Trinajstić information content (AvgIpc) is 2.76. The highest BCUT2D eigenvalue weighted by Crippen LogP contribution is 2.26. The first-order chi connectivity index (χ1) is 14.3. The second-order valence-electron chi connectivity index (χ2n) is 6.64. The largest absolute Gasteiger partial charge is 0.484 e. The van der Waals surface area contributed by atoms with E-state index < -0.39 is 0 Å². The van der Waals surface area contributed by atoms with Crippen molar-refractivity contribution in [2.75, 3.05) is 57.4 Å². The lowest BCUT2D eigenvalue weighted by Gasteiger charge is -2.35. The minimum absolute atomic E-state index is 0.330. The number of ether oxygens (including phenoxy) is 3. The van der Waals surface area contributed by atoms with Crippen LogP contribution in [0.4, 0.5) is 5.82 Å². The molecule has 9 heteroatoms. The number of rotatable bonds is 11. The number of aromatic nitrogens is 3. The van der Waals surface area contributed by atoms with Crippen LogP contribution in [0.15, 0.2) is 30.7 Å². The van der Waals surface area contributed by atoms with Crippen LogP contribution in [0.3, 0.4) is 0 Å². The zero-order valence-electron chi connectivity index (χ0n) is 17.1. The molecular weight excluding hydrogens is 372 g/mol. The van der Waals surface area contributed by atoms with Gasteiger partial charge in [-0.2, -0.15) is 0 Å². The van der Waals surface area contributed by atoms with Gasteiger partial charge in [-0.3, -0.25) is 0 Å². The first kappa shape index (κ1) is 21.1. The summed E-state index contributed by atoms with van der Waals surface area (Å²) in [6, 6.07) is 3.99. The molecule has 2 aromatic rings. The number of piperazine rings is 1. The van der Waals surface area contributed by atoms with Gasteiger partial charge in [0, 0.05) is 50.8 Å². The minimum Gasteiger partial charge on any atom is -0.484 e. The SMILES string of the molecule is CCNCCOc1ncccc1OCCOc1nccnc1N1CCNC[C@H]1C. The summed E-state index contributed by atoms with van der Waals surface area (Å²) in [7, 11) is 0. The molecule has 1 atom stereocenters. The van der Waals surface area contributed by atoms with Gasteiger partial charge < -0.3 is 29.7 Å². The van der Waals surface area contributed by atoms with E-state index in [9.17, 15) is 0 Å². The van der Waals surface area contributed by atoms with E-state index in [0.717, 1.165) is 38.5 Å². The lowest BCUT2D eigenvalue weighted by atomic mass is 10.2. The van der Waals surface area contributed by atoms with Crippen LogP contribution >= 0.6 is 0 Å². The van der Waals surface area contributed by atoms with Gasteiger partial charge >= 0.3 is 0 Å². The maximum atomic E-state index is 5.88. The van der Waals surface area contributed by atoms with Gasteiger partial charge in [0.2, 0.25) is 0 Å². The van der Waals surface area contributed by atoms with Crippen molar-refractivity contribution in [1.29, 1.82) is 0 Å². The van der Waals surface area contributed by atoms with Crippen molar-refractivity contribution in [3.63, 3.8) is 0 Å². The van der Waals surface area contributed by atoms with Crippen molar-refractivity contribution in [2.45, 2.75) is 19.9 Å². The molecule has 1 aliphatic rings. The molecule has 0 saturated carbocycles. The fourth-order valence-corrected chi connectivity index (χ4v) is 3.05. The van der Waals surface area contributed by atoms with Crippen LogP contribution in [0.5, 0.6) is 17.5 Å². The molecular formula is C20H30N6O3. The highest BCUT2D eigenvalue weighted by molar-refractivity contribution is 5.49. The lowest BCUT2D eigenvalue weighted by molar-refractivity contribution is 0.200. The quantitative estimate of drug-likeness (QED) is 0.536. The Morgan fingerprint density at radius 3 is 2.72 bits per heavy atom. The maximum Gasteiger partial charge on any atom is 0.257 e. The van der Waals surface area contributed by atoms with Crippen molar-refractivity contribution < 1.29 is 14.2 Å². The van der Waals surface area contributed by atoms with Crippen LogP contribution in [0.2, 0.25) is 0 Å². The van der Waals surface area contributed by atoms with Gasteiger partial charge in [-0.1, -0.05) is 6.92 Å². The standard InChI is InChI=1S/C20H30N6O3/c1-3-21-10-12-28-19-17(5-4-6-24-19)27-13-14-29-20-18(23-7-8-25-20)26-11-9-22-15-16(26)2/h4-8,16,21-22H,3,9-15H2,1-2H3/t16-/m1/s1. The third-order valence-corrected chi connectivity index (χ3v) is 4.50. The Kier molecular flexibility index (Phi) is 8.26. The van der Waals surface area contributed by atoms with Crippen LogP contribution in [0.1, 0.15) is 13.8 Å². The van der Waals surface area contributed by atoms with Crippen LogP contribution in [-0.4, -0.2) is 73.5 Å². The zero-order chi connectivity index (χ0) is 20.3. The molecule has 3 heterocycles. The molecule has 0 aromatic carbocycles. The first-order valence-electron chi connectivity index (χ1n) is 10.1. The van der Waals surface area contributed by atoms with Gasteiger partial charge in [-0.15, -0.1) is 0 Å². The Hall–Kier alpha value is -2.65. The minimum atomic E-state index is 0.330. The Morgan fingerprint density at radius 1 is 1.07 bits per heavy atom. The molecule has 2 aromatic heterocycles. The number of hydrogen-bond donors (Lipinski definition) is 2. The zero-order valence-corrected chi connectivity index (χ0v) is 17.1. The predicted octanol–water partition coefficient (Wildman–Crippen LogP) is 1.12. The molecule has 0 bridgehead atoms. The van der Waals surface area contributed by atoms with E-state index in [1.807, 2.05) is 12.1 Å². The van der Waals surface area contributed by atoms with Crippen LogP contribution in [-0.2, 0) is 0 Å².